The number of benzene rings is 1. The zero-order valence-electron chi connectivity index (χ0n) is 29.6. The first-order valence-electron chi connectivity index (χ1n) is 17.5. The molecule has 2 aliphatic heterocycles. The number of carbonyl (C=O) groups is 2. The van der Waals surface area contributed by atoms with Gasteiger partial charge in [0.15, 0.2) is 17.0 Å². The Bertz CT molecular complexity index is 2150. The molecule has 1 saturated heterocycles. The molecule has 9 heteroatoms. The van der Waals surface area contributed by atoms with Gasteiger partial charge in [0.25, 0.3) is 0 Å². The number of furan rings is 1. The predicted octanol–water partition coefficient (Wildman–Crippen LogP) is 7.58. The number of hydrogen-bond donors (Lipinski definition) is 2. The van der Waals surface area contributed by atoms with E-state index < -0.39 is 21.8 Å². The van der Waals surface area contributed by atoms with E-state index >= 15 is 0 Å². The van der Waals surface area contributed by atoms with Crippen LogP contribution in [-0.4, -0.2) is 40.1 Å². The molecule has 2 N–H and O–H groups in total. The van der Waals surface area contributed by atoms with Crippen LogP contribution in [0.15, 0.2) is 79.5 Å². The molecule has 6 aliphatic rings. The average Bonchev–Trinajstić information content (AvgIpc) is 3.49. The summed E-state index contributed by atoms with van der Waals surface area (Å²) < 4.78 is 23.0. The minimum absolute atomic E-state index is 0.00527. The lowest BCUT2D eigenvalue weighted by molar-refractivity contribution is -0.162. The van der Waals surface area contributed by atoms with Crippen molar-refractivity contribution in [3.8, 4) is 11.5 Å². The van der Waals surface area contributed by atoms with Gasteiger partial charge in [0.05, 0.1) is 29.5 Å². The third kappa shape index (κ3) is 3.95. The highest BCUT2D eigenvalue weighted by molar-refractivity contribution is 6.06. The molecule has 4 heterocycles. The molecule has 4 aliphatic carbocycles. The highest BCUT2D eigenvalue weighted by Crippen LogP contribution is 2.81. The molecule has 3 fully saturated rings. The molecule has 1 spiro atoms. The minimum Gasteiger partial charge on any atom is -0.507 e. The number of fused-ring (bicyclic) bond motifs is 5. The summed E-state index contributed by atoms with van der Waals surface area (Å²) in [5.41, 5.74) is 0.462. The van der Waals surface area contributed by atoms with E-state index in [1.807, 2.05) is 52.2 Å². The molecule has 0 amide bonds. The first kappa shape index (κ1) is 32.8. The number of phenols is 1. The van der Waals surface area contributed by atoms with E-state index in [1.54, 1.807) is 25.3 Å². The van der Waals surface area contributed by atoms with Crippen LogP contribution in [0.4, 0.5) is 0 Å². The van der Waals surface area contributed by atoms with Crippen molar-refractivity contribution in [2.75, 3.05) is 6.61 Å². The number of ether oxygens (including phenoxy) is 2. The quantitative estimate of drug-likeness (QED) is 0.197. The molecule has 262 valence electrons. The zero-order chi connectivity index (χ0) is 35.8. The number of aliphatic hydroxyl groups is 1. The molecule has 1 aromatic carbocycles. The van der Waals surface area contributed by atoms with Gasteiger partial charge in [-0.2, -0.15) is 0 Å². The Morgan fingerprint density at radius 3 is 2.48 bits per heavy atom. The van der Waals surface area contributed by atoms with Gasteiger partial charge < -0.3 is 28.5 Å². The number of aromatic hydroxyl groups is 1. The van der Waals surface area contributed by atoms with Crippen molar-refractivity contribution in [1.29, 1.82) is 0 Å². The van der Waals surface area contributed by atoms with Gasteiger partial charge in [0.1, 0.15) is 40.4 Å². The van der Waals surface area contributed by atoms with Crippen LogP contribution in [-0.2, 0) is 20.7 Å². The van der Waals surface area contributed by atoms with E-state index in [0.29, 0.717) is 41.3 Å². The van der Waals surface area contributed by atoms with Crippen LogP contribution in [0.3, 0.4) is 0 Å². The van der Waals surface area contributed by atoms with Gasteiger partial charge in [-0.15, -0.1) is 0 Å². The Kier molecular flexibility index (Phi) is 6.79. The molecule has 2 saturated carbocycles. The summed E-state index contributed by atoms with van der Waals surface area (Å²) in [5.74, 6) is 0.743. The highest BCUT2D eigenvalue weighted by Gasteiger charge is 2.87. The molecule has 0 radical (unpaired) electrons. The van der Waals surface area contributed by atoms with E-state index in [1.165, 1.54) is 11.6 Å². The van der Waals surface area contributed by atoms with Crippen molar-refractivity contribution < 1.29 is 38.1 Å². The largest absolute Gasteiger partial charge is 0.507 e. The van der Waals surface area contributed by atoms with Crippen molar-refractivity contribution in [1.82, 2.24) is 0 Å². The fourth-order valence-electron chi connectivity index (χ4n) is 11.1. The lowest BCUT2D eigenvalue weighted by atomic mass is 9.39. The summed E-state index contributed by atoms with van der Waals surface area (Å²) in [5, 5.41) is 21.9. The van der Waals surface area contributed by atoms with Crippen molar-refractivity contribution in [3.05, 3.63) is 93.0 Å². The number of aliphatic hydroxyl groups excluding tert-OH is 1. The number of rotatable bonds is 1. The lowest BCUT2D eigenvalue weighted by Crippen LogP contribution is -2.66. The Hall–Kier alpha value is -4.37. The summed E-state index contributed by atoms with van der Waals surface area (Å²) in [4.78, 5) is 38.7. The van der Waals surface area contributed by atoms with Gasteiger partial charge in [-0.05, 0) is 101 Å². The topological polar surface area (TPSA) is 140 Å². The number of Topliss-reactive ketones (excluding diaryl/α,β-unsaturated/α-hetero) is 1. The predicted molar refractivity (Wildman–Crippen MR) is 185 cm³/mol. The molecule has 9 rings (SSSR count). The van der Waals surface area contributed by atoms with Crippen molar-refractivity contribution in [2.24, 2.45) is 27.6 Å². The number of allylic oxidation sites excluding steroid dienone is 5. The Morgan fingerprint density at radius 2 is 1.76 bits per heavy atom. The molecule has 7 unspecified atom stereocenters. The normalized spacial score (nSPS) is 36.1. The van der Waals surface area contributed by atoms with Gasteiger partial charge in [-0.1, -0.05) is 26.0 Å². The number of carbonyl (C=O) groups excluding carboxylic acids is 2. The van der Waals surface area contributed by atoms with Gasteiger partial charge in [0.2, 0.25) is 5.78 Å². The maximum Gasteiger partial charge on any atom is 0.206 e. The first-order valence-corrected chi connectivity index (χ1v) is 17.5. The van der Waals surface area contributed by atoms with Crippen LogP contribution in [0.1, 0.15) is 83.6 Å². The summed E-state index contributed by atoms with van der Waals surface area (Å²) in [6.45, 7) is 14.2. The van der Waals surface area contributed by atoms with Crippen molar-refractivity contribution in [3.63, 3.8) is 0 Å². The molecule has 2 aromatic heterocycles. The summed E-state index contributed by atoms with van der Waals surface area (Å²) in [6, 6.07) is 5.10. The third-order valence-corrected chi connectivity index (χ3v) is 13.5. The summed E-state index contributed by atoms with van der Waals surface area (Å²) in [6.07, 6.45) is 12.3. The van der Waals surface area contributed by atoms with Gasteiger partial charge in [-0.3, -0.25) is 14.4 Å². The number of epoxide rings is 1. The van der Waals surface area contributed by atoms with E-state index in [2.05, 4.69) is 13.8 Å². The number of hydrogen-bond acceptors (Lipinski definition) is 9. The number of aryl methyl sites for hydroxylation is 1. The number of ketones is 2. The van der Waals surface area contributed by atoms with Crippen LogP contribution < -0.4 is 10.2 Å². The minimum atomic E-state index is -0.901. The van der Waals surface area contributed by atoms with Gasteiger partial charge in [-0.25, -0.2) is 0 Å². The Labute approximate surface area is 290 Å². The van der Waals surface area contributed by atoms with Crippen molar-refractivity contribution in [2.45, 2.75) is 91.8 Å². The molecular formula is C41H44O9. The molecule has 3 aromatic rings. The SMILES string of the molecule is CC1(C)C(=O)C=CC2(C)C1=C(O)C(=O)C1(C)C2CCC2(C)C(c3ccoc3)CC3OC321.CC1=CCc2c(cc3oc(C)cc(=O)c3c2O)OC1. The second kappa shape index (κ2) is 10.3. The smallest absolute Gasteiger partial charge is 0.206 e. The van der Waals surface area contributed by atoms with Crippen LogP contribution in [0, 0.1) is 34.5 Å². The lowest BCUT2D eigenvalue weighted by Gasteiger charge is -2.62. The van der Waals surface area contributed by atoms with Crippen LogP contribution in [0.2, 0.25) is 0 Å². The van der Waals surface area contributed by atoms with Crippen LogP contribution in [0.25, 0.3) is 11.0 Å². The average molecular weight is 681 g/mol. The second-order valence-corrected chi connectivity index (χ2v) is 16.4. The Morgan fingerprint density at radius 1 is 1.00 bits per heavy atom. The number of phenolic OH excluding ortho intramolecular Hbond substituents is 1. The van der Waals surface area contributed by atoms with E-state index in [9.17, 15) is 24.6 Å². The maximum atomic E-state index is 14.0. The monoisotopic (exact) mass is 680 g/mol. The van der Waals surface area contributed by atoms with E-state index in [-0.39, 0.29) is 57.2 Å². The standard InChI is InChI=1S/C26H30O5.C15H14O4/c1-22(2)17(27)7-9-23(3)16-6-10-24(4)15(14-8-11-30-13-14)12-18-26(24,31-18)25(16,5)21(29)19(28)20(22)23;1-8-3-4-10-12(18-7-8)6-13-14(15(10)17)11(16)5-9(2)19-13/h7-9,11,13,15-16,18,28H,6,10,12H2,1-5H3;3,5-6,17H,4,7H2,1-2H3. The summed E-state index contributed by atoms with van der Waals surface area (Å²) >= 11 is 0. The zero-order valence-corrected chi connectivity index (χ0v) is 29.6. The van der Waals surface area contributed by atoms with Crippen molar-refractivity contribution >= 4 is 22.5 Å². The fourth-order valence-corrected chi connectivity index (χ4v) is 11.1. The van der Waals surface area contributed by atoms with Gasteiger partial charge in [0, 0.05) is 28.5 Å². The van der Waals surface area contributed by atoms with Gasteiger partial charge >= 0.3 is 0 Å². The third-order valence-electron chi connectivity index (χ3n) is 13.5. The molecule has 50 heavy (non-hydrogen) atoms. The Balaban J connectivity index is 0.000000163. The molecule has 7 atom stereocenters. The molecule has 9 nitrogen and oxygen atoms in total. The van der Waals surface area contributed by atoms with Crippen LogP contribution in [0.5, 0.6) is 11.5 Å². The van der Waals surface area contributed by atoms with Crippen LogP contribution >= 0.6 is 0 Å². The highest BCUT2D eigenvalue weighted by atomic mass is 16.6. The second-order valence-electron chi connectivity index (χ2n) is 16.4. The maximum absolute atomic E-state index is 14.0. The first-order chi connectivity index (χ1) is 23.5. The van der Waals surface area contributed by atoms with E-state index in [0.717, 1.165) is 24.8 Å². The van der Waals surface area contributed by atoms with E-state index in [4.69, 9.17) is 18.3 Å². The molecular weight excluding hydrogens is 636 g/mol. The summed E-state index contributed by atoms with van der Waals surface area (Å²) in [7, 11) is 0. The molecule has 0 bridgehead atoms. The fraction of sp³-hybridized carbons (Fsp3) is 0.488.